The summed E-state index contributed by atoms with van der Waals surface area (Å²) in [5.41, 5.74) is 5.81. The molecule has 0 heterocycles. The zero-order valence-electron chi connectivity index (χ0n) is 10.5. The van der Waals surface area contributed by atoms with E-state index in [-0.39, 0.29) is 12.4 Å². The van der Waals surface area contributed by atoms with Crippen LogP contribution in [0.4, 0.5) is 17.6 Å². The van der Waals surface area contributed by atoms with E-state index in [2.05, 4.69) is 10.5 Å². The Balaban J connectivity index is 2.43. The number of hydrogen-bond acceptors (Lipinski definition) is 3. The average Bonchev–Trinajstić information content (AvgIpc) is 2.38. The first-order valence-corrected chi connectivity index (χ1v) is 5.84. The number of amidine groups is 1. The Hall–Kier alpha value is -1.83. The van der Waals surface area contributed by atoms with E-state index in [4.69, 9.17) is 10.9 Å². The molecular weight excluding hydrogens is 278 g/mol. The molecule has 1 aromatic carbocycles. The van der Waals surface area contributed by atoms with Crippen LogP contribution in [0.5, 0.6) is 0 Å². The van der Waals surface area contributed by atoms with Crippen LogP contribution in [0.3, 0.4) is 0 Å². The molecule has 0 fully saturated rings. The van der Waals surface area contributed by atoms with Crippen molar-refractivity contribution in [2.24, 2.45) is 16.8 Å². The normalized spacial score (nSPS) is 14.3. The van der Waals surface area contributed by atoms with Crippen molar-refractivity contribution < 1.29 is 22.8 Å². The number of rotatable bonds is 6. The van der Waals surface area contributed by atoms with Gasteiger partial charge in [0.1, 0.15) is 11.7 Å². The summed E-state index contributed by atoms with van der Waals surface area (Å²) in [5.74, 6) is -3.29. The van der Waals surface area contributed by atoms with E-state index >= 15 is 0 Å². The molecule has 0 saturated heterocycles. The minimum absolute atomic E-state index is 0.261. The second kappa shape index (κ2) is 7.09. The predicted molar refractivity (Wildman–Crippen MR) is 65.9 cm³/mol. The maximum Gasteiger partial charge on any atom is 0.400 e. The summed E-state index contributed by atoms with van der Waals surface area (Å²) in [6, 6.07) is 5.68. The second-order valence-electron chi connectivity index (χ2n) is 4.20. The molecule has 1 unspecified atom stereocenters. The third-order valence-electron chi connectivity index (χ3n) is 2.72. The highest BCUT2D eigenvalue weighted by Gasteiger charge is 2.42. The molecule has 0 aliphatic carbocycles. The predicted octanol–water partition coefficient (Wildman–Crippen LogP) is 1.88. The van der Waals surface area contributed by atoms with Gasteiger partial charge in [-0.2, -0.15) is 13.2 Å². The molecule has 0 aliphatic rings. The highest BCUT2D eigenvalue weighted by Crippen LogP contribution is 2.25. The first-order valence-electron chi connectivity index (χ1n) is 5.84. The Morgan fingerprint density at radius 2 is 1.90 bits per heavy atom. The van der Waals surface area contributed by atoms with Gasteiger partial charge < -0.3 is 16.3 Å². The number of benzene rings is 1. The van der Waals surface area contributed by atoms with E-state index in [1.807, 2.05) is 0 Å². The summed E-state index contributed by atoms with van der Waals surface area (Å²) in [4.78, 5) is 0. The monoisotopic (exact) mass is 293 g/mol. The molecule has 0 bridgehead atoms. The number of nitrogens with one attached hydrogen (secondary N) is 1. The Labute approximate surface area is 113 Å². The molecule has 1 aromatic rings. The van der Waals surface area contributed by atoms with Crippen molar-refractivity contribution in [2.45, 2.75) is 12.6 Å². The third kappa shape index (κ3) is 5.04. The summed E-state index contributed by atoms with van der Waals surface area (Å²) in [6.07, 6.45) is -4.14. The van der Waals surface area contributed by atoms with Crippen molar-refractivity contribution in [3.63, 3.8) is 0 Å². The molecular formula is C12H15F4N3O. The van der Waals surface area contributed by atoms with E-state index in [1.54, 1.807) is 12.1 Å². The van der Waals surface area contributed by atoms with Gasteiger partial charge in [-0.25, -0.2) is 4.39 Å². The number of oxime groups is 1. The lowest BCUT2D eigenvalue weighted by molar-refractivity contribution is -0.154. The van der Waals surface area contributed by atoms with Crippen LogP contribution in [0.1, 0.15) is 5.56 Å². The summed E-state index contributed by atoms with van der Waals surface area (Å²) >= 11 is 0. The molecule has 8 heteroatoms. The van der Waals surface area contributed by atoms with Crippen LogP contribution >= 0.6 is 0 Å². The van der Waals surface area contributed by atoms with Crippen molar-refractivity contribution >= 4 is 5.84 Å². The quantitative estimate of drug-likeness (QED) is 0.187. The Morgan fingerprint density at radius 3 is 2.40 bits per heavy atom. The van der Waals surface area contributed by atoms with Gasteiger partial charge >= 0.3 is 6.18 Å². The molecule has 4 nitrogen and oxygen atoms in total. The summed E-state index contributed by atoms with van der Waals surface area (Å²) in [5, 5.41) is 13.3. The molecule has 20 heavy (non-hydrogen) atoms. The average molecular weight is 293 g/mol. The van der Waals surface area contributed by atoms with Crippen molar-refractivity contribution in [3.05, 3.63) is 35.6 Å². The molecule has 1 atom stereocenters. The highest BCUT2D eigenvalue weighted by atomic mass is 19.4. The maximum absolute atomic E-state index is 12.6. The molecule has 112 valence electrons. The first kappa shape index (κ1) is 16.2. The van der Waals surface area contributed by atoms with Crippen LogP contribution in [-0.2, 0) is 6.42 Å². The number of nitrogens with two attached hydrogens (primary N) is 1. The third-order valence-corrected chi connectivity index (χ3v) is 2.72. The SMILES string of the molecule is N/C(=N/O)C(CNCCc1ccc(F)cc1)C(F)(F)F. The van der Waals surface area contributed by atoms with Gasteiger partial charge in [0.2, 0.25) is 0 Å². The van der Waals surface area contributed by atoms with Crippen molar-refractivity contribution in [1.29, 1.82) is 0 Å². The fourth-order valence-corrected chi connectivity index (χ4v) is 1.59. The van der Waals surface area contributed by atoms with Crippen molar-refractivity contribution in [3.8, 4) is 0 Å². The molecule has 0 saturated carbocycles. The smallest absolute Gasteiger partial charge is 0.400 e. The van der Waals surface area contributed by atoms with Crippen LogP contribution in [0.2, 0.25) is 0 Å². The number of nitrogens with zero attached hydrogens (tertiary/aromatic N) is 1. The molecule has 4 N–H and O–H groups in total. The lowest BCUT2D eigenvalue weighted by Gasteiger charge is -2.19. The fraction of sp³-hybridized carbons (Fsp3) is 0.417. The number of alkyl halides is 3. The lowest BCUT2D eigenvalue weighted by Crippen LogP contribution is -2.43. The molecule has 0 aromatic heterocycles. The van der Waals surface area contributed by atoms with E-state index in [1.165, 1.54) is 12.1 Å². The second-order valence-corrected chi connectivity index (χ2v) is 4.20. The number of hydrogen-bond donors (Lipinski definition) is 3. The van der Waals surface area contributed by atoms with Crippen LogP contribution < -0.4 is 11.1 Å². The largest absolute Gasteiger partial charge is 0.409 e. The van der Waals surface area contributed by atoms with Gasteiger partial charge in [0.25, 0.3) is 0 Å². The van der Waals surface area contributed by atoms with E-state index in [0.29, 0.717) is 6.42 Å². The van der Waals surface area contributed by atoms with Gasteiger partial charge in [0.05, 0.1) is 0 Å². The first-order chi connectivity index (χ1) is 9.34. The van der Waals surface area contributed by atoms with Crippen molar-refractivity contribution in [1.82, 2.24) is 5.32 Å². The maximum atomic E-state index is 12.6. The van der Waals surface area contributed by atoms with Crippen LogP contribution in [-0.4, -0.2) is 30.3 Å². The van der Waals surface area contributed by atoms with E-state index in [0.717, 1.165) is 5.56 Å². The van der Waals surface area contributed by atoms with Gasteiger partial charge in [0.15, 0.2) is 5.84 Å². The Bertz CT molecular complexity index is 445. The van der Waals surface area contributed by atoms with Gasteiger partial charge in [-0.15, -0.1) is 0 Å². The minimum atomic E-state index is -4.58. The Morgan fingerprint density at radius 1 is 1.30 bits per heavy atom. The zero-order chi connectivity index (χ0) is 15.2. The molecule has 0 spiro atoms. The molecule has 0 radical (unpaired) electrons. The van der Waals surface area contributed by atoms with Crippen LogP contribution in [0, 0.1) is 11.7 Å². The van der Waals surface area contributed by atoms with Gasteiger partial charge in [-0.3, -0.25) is 0 Å². The van der Waals surface area contributed by atoms with Gasteiger partial charge in [-0.1, -0.05) is 17.3 Å². The molecule has 0 amide bonds. The topological polar surface area (TPSA) is 70.6 Å². The lowest BCUT2D eigenvalue weighted by atomic mass is 10.1. The van der Waals surface area contributed by atoms with E-state index < -0.39 is 24.5 Å². The minimum Gasteiger partial charge on any atom is -0.409 e. The summed E-state index contributed by atoms with van der Waals surface area (Å²) in [7, 11) is 0. The standard InChI is InChI=1S/C12H15F4N3O/c13-9-3-1-8(2-4-9)5-6-18-7-10(11(17)19-20)12(14,15)16/h1-4,10,18,20H,5-7H2,(H2,17,19). The van der Waals surface area contributed by atoms with Crippen LogP contribution in [0.15, 0.2) is 29.4 Å². The van der Waals surface area contributed by atoms with E-state index in [9.17, 15) is 17.6 Å². The van der Waals surface area contributed by atoms with Crippen molar-refractivity contribution in [2.75, 3.05) is 13.1 Å². The molecule has 0 aliphatic heterocycles. The summed E-state index contributed by atoms with van der Waals surface area (Å²) < 4.78 is 50.4. The fourth-order valence-electron chi connectivity index (χ4n) is 1.59. The van der Waals surface area contributed by atoms with Gasteiger partial charge in [0, 0.05) is 6.54 Å². The van der Waals surface area contributed by atoms with Gasteiger partial charge in [-0.05, 0) is 30.7 Å². The summed E-state index contributed by atoms with van der Waals surface area (Å²) in [6.45, 7) is -0.225. The highest BCUT2D eigenvalue weighted by molar-refractivity contribution is 5.83. The van der Waals surface area contributed by atoms with Crippen LogP contribution in [0.25, 0.3) is 0 Å². The Kier molecular flexibility index (Phi) is 5.75. The number of halogens is 4. The zero-order valence-corrected chi connectivity index (χ0v) is 10.5. The molecule has 1 rings (SSSR count).